The van der Waals surface area contributed by atoms with Crippen LogP contribution in [0.4, 0.5) is 0 Å². The van der Waals surface area contributed by atoms with Crippen molar-refractivity contribution in [3.8, 4) is 10.6 Å². The highest BCUT2D eigenvalue weighted by Crippen LogP contribution is 2.22. The minimum absolute atomic E-state index is 0.0571. The molecule has 5 aromatic rings. The van der Waals surface area contributed by atoms with Crippen LogP contribution in [0.1, 0.15) is 18.1 Å². The summed E-state index contributed by atoms with van der Waals surface area (Å²) in [4.78, 5) is 18.1. The van der Waals surface area contributed by atoms with Crippen molar-refractivity contribution < 1.29 is 4.79 Å². The van der Waals surface area contributed by atoms with Crippen molar-refractivity contribution in [2.24, 2.45) is 0 Å². The van der Waals surface area contributed by atoms with Crippen molar-refractivity contribution in [2.45, 2.75) is 26.4 Å². The van der Waals surface area contributed by atoms with E-state index in [1.807, 2.05) is 60.8 Å². The average Bonchev–Trinajstić information content (AvgIpc) is 3.49. The normalized spacial score (nSPS) is 11.4. The molecule has 150 valence electrons. The molecule has 0 atom stereocenters. The number of aryl methyl sites for hydroxylation is 2. The molecule has 0 spiro atoms. The minimum Gasteiger partial charge on any atom is -0.349 e. The average molecular weight is 417 g/mol. The number of rotatable bonds is 6. The molecule has 1 N–H and O–H groups in total. The molecule has 0 bridgehead atoms. The number of imidazole rings is 1. The van der Waals surface area contributed by atoms with E-state index in [2.05, 4.69) is 30.2 Å². The molecule has 5 rings (SSSR count). The fourth-order valence-corrected chi connectivity index (χ4v) is 4.15. The number of nitrogens with one attached hydrogen (secondary N) is 1. The number of para-hydroxylation sites is 2. The van der Waals surface area contributed by atoms with Gasteiger partial charge in [0.15, 0.2) is 11.5 Å². The Morgan fingerprint density at radius 3 is 2.87 bits per heavy atom. The van der Waals surface area contributed by atoms with Crippen molar-refractivity contribution in [3.63, 3.8) is 0 Å². The van der Waals surface area contributed by atoms with E-state index in [0.29, 0.717) is 24.4 Å². The molecule has 4 aromatic heterocycles. The van der Waals surface area contributed by atoms with Gasteiger partial charge in [-0.05, 0) is 42.6 Å². The molecule has 1 aromatic carbocycles. The summed E-state index contributed by atoms with van der Waals surface area (Å²) in [7, 11) is 0. The summed E-state index contributed by atoms with van der Waals surface area (Å²) >= 11 is 1.62. The number of hydrogen-bond donors (Lipinski definition) is 1. The predicted octanol–water partition coefficient (Wildman–Crippen LogP) is 3.22. The van der Waals surface area contributed by atoms with Crippen molar-refractivity contribution in [1.29, 1.82) is 0 Å². The van der Waals surface area contributed by atoms with Gasteiger partial charge in [-0.1, -0.05) is 18.2 Å². The van der Waals surface area contributed by atoms with E-state index >= 15 is 0 Å². The summed E-state index contributed by atoms with van der Waals surface area (Å²) < 4.78 is 3.75. The fourth-order valence-electron chi connectivity index (χ4n) is 3.46. The molecule has 0 radical (unpaired) electrons. The minimum atomic E-state index is -0.0571. The molecule has 0 saturated carbocycles. The van der Waals surface area contributed by atoms with Gasteiger partial charge in [-0.3, -0.25) is 4.79 Å². The number of thiophene rings is 1. The number of fused-ring (bicyclic) bond motifs is 2. The van der Waals surface area contributed by atoms with Gasteiger partial charge in [0.05, 0.1) is 22.5 Å². The zero-order valence-corrected chi connectivity index (χ0v) is 17.1. The van der Waals surface area contributed by atoms with Crippen LogP contribution in [0.15, 0.2) is 53.9 Å². The second-order valence-electron chi connectivity index (χ2n) is 6.91. The maximum Gasteiger partial charge on any atom is 0.222 e. The lowest BCUT2D eigenvalue weighted by atomic mass is 10.3. The lowest BCUT2D eigenvalue weighted by Crippen LogP contribution is -2.25. The Morgan fingerprint density at radius 1 is 1.10 bits per heavy atom. The Balaban J connectivity index is 1.27. The van der Waals surface area contributed by atoms with E-state index in [1.165, 1.54) is 0 Å². The van der Waals surface area contributed by atoms with Crippen LogP contribution >= 0.6 is 11.3 Å². The monoisotopic (exact) mass is 417 g/mol. The Labute approximate surface area is 176 Å². The molecular weight excluding hydrogens is 398 g/mol. The molecule has 0 fully saturated rings. The number of benzene rings is 1. The predicted molar refractivity (Wildman–Crippen MR) is 115 cm³/mol. The van der Waals surface area contributed by atoms with Gasteiger partial charge >= 0.3 is 0 Å². The second kappa shape index (κ2) is 7.68. The molecule has 0 aliphatic heterocycles. The Kier molecular flexibility index (Phi) is 4.72. The topological polar surface area (TPSA) is 90.0 Å². The lowest BCUT2D eigenvalue weighted by Gasteiger charge is -2.08. The first kappa shape index (κ1) is 18.4. The third-order valence-electron chi connectivity index (χ3n) is 4.95. The van der Waals surface area contributed by atoms with Gasteiger partial charge in [0.1, 0.15) is 11.5 Å². The molecule has 0 aliphatic rings. The first-order chi connectivity index (χ1) is 14.7. The molecule has 0 saturated heterocycles. The molecular formula is C21H19N7OS. The quantitative estimate of drug-likeness (QED) is 0.458. The zero-order chi connectivity index (χ0) is 20.5. The highest BCUT2D eigenvalue weighted by Gasteiger charge is 2.12. The summed E-state index contributed by atoms with van der Waals surface area (Å²) in [5.74, 6) is 1.44. The summed E-state index contributed by atoms with van der Waals surface area (Å²) in [6.45, 7) is 2.79. The molecule has 0 aliphatic carbocycles. The number of amides is 1. The van der Waals surface area contributed by atoms with Crippen LogP contribution in [0, 0.1) is 6.92 Å². The van der Waals surface area contributed by atoms with Crippen LogP contribution in [-0.2, 0) is 17.9 Å². The maximum atomic E-state index is 12.4. The van der Waals surface area contributed by atoms with Gasteiger partial charge in [-0.15, -0.1) is 21.5 Å². The van der Waals surface area contributed by atoms with Crippen LogP contribution < -0.4 is 5.32 Å². The number of aromatic nitrogens is 6. The van der Waals surface area contributed by atoms with Gasteiger partial charge in [0.25, 0.3) is 0 Å². The molecule has 30 heavy (non-hydrogen) atoms. The lowest BCUT2D eigenvalue weighted by molar-refractivity contribution is -0.121. The van der Waals surface area contributed by atoms with Gasteiger partial charge in [-0.2, -0.15) is 9.61 Å². The third-order valence-corrected chi connectivity index (χ3v) is 5.84. The van der Waals surface area contributed by atoms with E-state index in [1.54, 1.807) is 15.9 Å². The highest BCUT2D eigenvalue weighted by molar-refractivity contribution is 7.13. The summed E-state index contributed by atoms with van der Waals surface area (Å²) in [5.41, 5.74) is 3.49. The van der Waals surface area contributed by atoms with Gasteiger partial charge in [0.2, 0.25) is 5.91 Å². The highest BCUT2D eigenvalue weighted by atomic mass is 32.1. The number of carbonyl (C=O) groups is 1. The van der Waals surface area contributed by atoms with E-state index in [-0.39, 0.29) is 12.5 Å². The first-order valence-electron chi connectivity index (χ1n) is 9.63. The van der Waals surface area contributed by atoms with Crippen molar-refractivity contribution in [3.05, 3.63) is 65.6 Å². The summed E-state index contributed by atoms with van der Waals surface area (Å²) in [6.07, 6.45) is 0.353. The van der Waals surface area contributed by atoms with E-state index < -0.39 is 0 Å². The number of hydrogen-bond acceptors (Lipinski definition) is 6. The van der Waals surface area contributed by atoms with Crippen LogP contribution in [0.25, 0.3) is 27.3 Å². The molecule has 4 heterocycles. The Hall–Kier alpha value is -3.59. The van der Waals surface area contributed by atoms with Crippen LogP contribution in [-0.4, -0.2) is 35.3 Å². The van der Waals surface area contributed by atoms with Crippen LogP contribution in [0.2, 0.25) is 0 Å². The van der Waals surface area contributed by atoms with Crippen molar-refractivity contribution in [1.82, 2.24) is 34.7 Å². The number of carbonyl (C=O) groups excluding carboxylic acids is 1. The Bertz CT molecular complexity index is 1340. The van der Waals surface area contributed by atoms with Crippen LogP contribution in [0.3, 0.4) is 0 Å². The molecule has 0 unspecified atom stereocenters. The van der Waals surface area contributed by atoms with Crippen molar-refractivity contribution >= 4 is 33.9 Å². The molecule has 1 amide bonds. The first-order valence-corrected chi connectivity index (χ1v) is 10.5. The molecule has 9 heteroatoms. The van der Waals surface area contributed by atoms with E-state index in [0.717, 1.165) is 27.4 Å². The van der Waals surface area contributed by atoms with Crippen LogP contribution in [0.5, 0.6) is 0 Å². The smallest absolute Gasteiger partial charge is 0.222 e. The van der Waals surface area contributed by atoms with Gasteiger partial charge < -0.3 is 9.88 Å². The largest absolute Gasteiger partial charge is 0.349 e. The van der Waals surface area contributed by atoms with E-state index in [4.69, 9.17) is 0 Å². The summed E-state index contributed by atoms with van der Waals surface area (Å²) in [6, 6.07) is 15.8. The van der Waals surface area contributed by atoms with Gasteiger partial charge in [-0.25, -0.2) is 4.98 Å². The summed E-state index contributed by atoms with van der Waals surface area (Å²) in [5, 5.41) is 17.9. The van der Waals surface area contributed by atoms with Crippen molar-refractivity contribution in [2.75, 3.05) is 0 Å². The fraction of sp³-hybridized carbons (Fsp3) is 0.190. The molecule has 8 nitrogen and oxygen atoms in total. The Morgan fingerprint density at radius 2 is 2.00 bits per heavy atom. The number of nitrogens with zero attached hydrogens (tertiary/aromatic N) is 6. The SMILES string of the molecule is Cc1nc2ccccc2n1CCC(=O)NCc1nnc2ccc(-c3cccs3)nn12. The second-order valence-corrected chi connectivity index (χ2v) is 7.86. The zero-order valence-electron chi connectivity index (χ0n) is 16.3. The van der Waals surface area contributed by atoms with Gasteiger partial charge in [0, 0.05) is 13.0 Å². The standard InChI is InChI=1S/C21H19N7OS/c1-14-23-15-5-2-3-6-17(15)27(14)11-10-21(29)22-13-20-25-24-19-9-8-16(26-28(19)20)18-7-4-12-30-18/h2-9,12H,10-11,13H2,1H3,(H,22,29). The van der Waals surface area contributed by atoms with E-state index in [9.17, 15) is 4.79 Å². The third kappa shape index (κ3) is 3.43. The maximum absolute atomic E-state index is 12.4.